The first-order chi connectivity index (χ1) is 5.05. The predicted octanol–water partition coefficient (Wildman–Crippen LogP) is 0.820. The summed E-state index contributed by atoms with van der Waals surface area (Å²) in [6, 6.07) is 0. The molecule has 1 N–H and O–H groups in total. The van der Waals surface area contributed by atoms with Crippen molar-refractivity contribution >= 4 is 5.78 Å². The lowest BCUT2D eigenvalue weighted by Gasteiger charge is -2.33. The van der Waals surface area contributed by atoms with Crippen LogP contribution in [0.3, 0.4) is 0 Å². The van der Waals surface area contributed by atoms with Crippen LogP contribution in [0.5, 0.6) is 0 Å². The predicted molar refractivity (Wildman–Crippen MR) is 36.6 cm³/mol. The molecule has 0 aromatic heterocycles. The molecule has 1 aliphatic carbocycles. The number of alkyl halides is 2. The number of Topliss-reactive ketones (excluding diaryl/α,β-unsaturated/α-hetero) is 1. The third kappa shape index (κ3) is 1.96. The lowest BCUT2D eigenvalue weighted by Crippen LogP contribution is -2.42. The van der Waals surface area contributed by atoms with E-state index in [0.717, 1.165) is 0 Å². The maximum atomic E-state index is 12.2. The van der Waals surface area contributed by atoms with Crippen LogP contribution in [-0.4, -0.2) is 25.3 Å². The van der Waals surface area contributed by atoms with E-state index in [2.05, 4.69) is 5.32 Å². The molecule has 0 aromatic rings. The summed E-state index contributed by atoms with van der Waals surface area (Å²) in [5.74, 6) is -3.08. The maximum absolute atomic E-state index is 12.2. The number of rotatable bonds is 3. The first kappa shape index (κ1) is 8.59. The van der Waals surface area contributed by atoms with Crippen LogP contribution in [0.4, 0.5) is 8.78 Å². The smallest absolute Gasteiger partial charge is 0.249 e. The maximum Gasteiger partial charge on any atom is 0.249 e. The molecule has 11 heavy (non-hydrogen) atoms. The summed E-state index contributed by atoms with van der Waals surface area (Å²) in [6.45, 7) is 0.209. The highest BCUT2D eigenvalue weighted by Gasteiger charge is 2.47. The fraction of sp³-hybridized carbons (Fsp3) is 0.857. The summed E-state index contributed by atoms with van der Waals surface area (Å²) in [6.07, 6.45) is -0.513. The van der Waals surface area contributed by atoms with E-state index in [4.69, 9.17) is 0 Å². The van der Waals surface area contributed by atoms with Crippen molar-refractivity contribution in [3.05, 3.63) is 0 Å². The zero-order valence-electron chi connectivity index (χ0n) is 6.36. The van der Waals surface area contributed by atoms with Gasteiger partial charge in [-0.15, -0.1) is 0 Å². The Morgan fingerprint density at radius 3 is 2.55 bits per heavy atom. The summed E-state index contributed by atoms with van der Waals surface area (Å²) in [5, 5.41) is 2.65. The molecular formula is C7H11F2NO. The third-order valence-electron chi connectivity index (χ3n) is 1.90. The van der Waals surface area contributed by atoms with E-state index in [0.29, 0.717) is 0 Å². The quantitative estimate of drug-likeness (QED) is 0.667. The second-order valence-electron chi connectivity index (χ2n) is 2.96. The Morgan fingerprint density at radius 1 is 1.64 bits per heavy atom. The van der Waals surface area contributed by atoms with Crippen molar-refractivity contribution < 1.29 is 13.6 Å². The van der Waals surface area contributed by atoms with Gasteiger partial charge in [0.25, 0.3) is 0 Å². The summed E-state index contributed by atoms with van der Waals surface area (Å²) < 4.78 is 24.4. The van der Waals surface area contributed by atoms with Gasteiger partial charge in [0.2, 0.25) is 5.92 Å². The number of halogens is 2. The Hall–Kier alpha value is -0.510. The van der Waals surface area contributed by atoms with Crippen molar-refractivity contribution in [2.45, 2.75) is 18.8 Å². The summed E-state index contributed by atoms with van der Waals surface area (Å²) in [7, 11) is 1.63. The number of nitrogens with one attached hydrogen (secondary N) is 1. The van der Waals surface area contributed by atoms with Gasteiger partial charge in [-0.05, 0) is 7.05 Å². The van der Waals surface area contributed by atoms with Gasteiger partial charge in [0.05, 0.1) is 6.54 Å². The average Bonchev–Trinajstić information content (AvgIpc) is 1.83. The molecule has 0 saturated heterocycles. The molecule has 1 rings (SSSR count). The Labute approximate surface area is 64.0 Å². The topological polar surface area (TPSA) is 29.1 Å². The first-order valence-electron chi connectivity index (χ1n) is 3.60. The van der Waals surface area contributed by atoms with Crippen molar-refractivity contribution in [3.8, 4) is 0 Å². The van der Waals surface area contributed by atoms with Gasteiger partial charge in [-0.2, -0.15) is 0 Å². The molecule has 0 radical (unpaired) electrons. The van der Waals surface area contributed by atoms with E-state index < -0.39 is 11.8 Å². The number of hydrogen-bond acceptors (Lipinski definition) is 2. The summed E-state index contributed by atoms with van der Waals surface area (Å²) >= 11 is 0. The number of hydrogen-bond donors (Lipinski definition) is 1. The molecule has 2 nitrogen and oxygen atoms in total. The van der Waals surface area contributed by atoms with Gasteiger partial charge in [0.15, 0.2) is 0 Å². The van der Waals surface area contributed by atoms with Crippen LogP contribution in [-0.2, 0) is 4.79 Å². The molecule has 0 atom stereocenters. The third-order valence-corrected chi connectivity index (χ3v) is 1.90. The normalized spacial score (nSPS) is 22.8. The van der Waals surface area contributed by atoms with E-state index >= 15 is 0 Å². The van der Waals surface area contributed by atoms with E-state index in [1.807, 2.05) is 0 Å². The van der Waals surface area contributed by atoms with Crippen molar-refractivity contribution in [1.82, 2.24) is 5.32 Å². The summed E-state index contributed by atoms with van der Waals surface area (Å²) in [4.78, 5) is 10.9. The molecule has 0 bridgehead atoms. The highest BCUT2D eigenvalue weighted by molar-refractivity contribution is 5.84. The van der Waals surface area contributed by atoms with E-state index in [9.17, 15) is 13.6 Å². The van der Waals surface area contributed by atoms with Gasteiger partial charge in [-0.1, -0.05) is 0 Å². The lowest BCUT2D eigenvalue weighted by atomic mass is 9.78. The number of ketones is 1. The molecule has 0 unspecified atom stereocenters. The van der Waals surface area contributed by atoms with Crippen LogP contribution >= 0.6 is 0 Å². The Balaban J connectivity index is 2.27. The van der Waals surface area contributed by atoms with Crippen molar-refractivity contribution in [2.75, 3.05) is 13.6 Å². The van der Waals surface area contributed by atoms with E-state index in [1.54, 1.807) is 7.05 Å². The fourth-order valence-electron chi connectivity index (χ4n) is 1.21. The van der Waals surface area contributed by atoms with E-state index in [1.165, 1.54) is 0 Å². The summed E-state index contributed by atoms with van der Waals surface area (Å²) in [5.41, 5.74) is 0. The minimum absolute atomic E-state index is 0.0987. The Kier molecular flexibility index (Phi) is 2.23. The zero-order chi connectivity index (χ0) is 8.48. The molecule has 1 saturated carbocycles. The number of carbonyl (C=O) groups is 1. The molecule has 0 aromatic carbocycles. The molecule has 1 fully saturated rings. The van der Waals surface area contributed by atoms with Crippen molar-refractivity contribution in [1.29, 1.82) is 0 Å². The van der Waals surface area contributed by atoms with Crippen LogP contribution in [0.15, 0.2) is 0 Å². The largest absolute Gasteiger partial charge is 0.313 e. The second kappa shape index (κ2) is 2.85. The van der Waals surface area contributed by atoms with Gasteiger partial charge >= 0.3 is 0 Å². The van der Waals surface area contributed by atoms with Crippen LogP contribution < -0.4 is 5.32 Å². The van der Waals surface area contributed by atoms with E-state index in [-0.39, 0.29) is 25.2 Å². The first-order valence-corrected chi connectivity index (χ1v) is 3.60. The SMILES string of the molecule is CNCC(=O)C1CC(F)(F)C1. The molecule has 4 heteroatoms. The molecule has 64 valence electrons. The highest BCUT2D eigenvalue weighted by Crippen LogP contribution is 2.42. The van der Waals surface area contributed by atoms with Crippen LogP contribution in [0.25, 0.3) is 0 Å². The minimum atomic E-state index is -2.58. The van der Waals surface area contributed by atoms with Gasteiger partial charge in [-0.3, -0.25) is 4.79 Å². The van der Waals surface area contributed by atoms with Crippen molar-refractivity contribution in [2.24, 2.45) is 5.92 Å². The molecular weight excluding hydrogens is 152 g/mol. The monoisotopic (exact) mass is 163 g/mol. The minimum Gasteiger partial charge on any atom is -0.313 e. The second-order valence-corrected chi connectivity index (χ2v) is 2.96. The average molecular weight is 163 g/mol. The van der Waals surface area contributed by atoms with Crippen LogP contribution in [0.2, 0.25) is 0 Å². The number of carbonyl (C=O) groups excluding carboxylic acids is 1. The molecule has 0 spiro atoms. The standard InChI is InChI=1S/C7H11F2NO/c1-10-4-6(11)5-2-7(8,9)3-5/h5,10H,2-4H2,1H3. The fourth-order valence-corrected chi connectivity index (χ4v) is 1.21. The zero-order valence-corrected chi connectivity index (χ0v) is 6.36. The van der Waals surface area contributed by atoms with Crippen LogP contribution in [0.1, 0.15) is 12.8 Å². The van der Waals surface area contributed by atoms with Gasteiger partial charge < -0.3 is 5.32 Å². The Morgan fingerprint density at radius 2 is 2.18 bits per heavy atom. The van der Waals surface area contributed by atoms with Gasteiger partial charge in [0, 0.05) is 18.8 Å². The highest BCUT2D eigenvalue weighted by atomic mass is 19.3. The molecule has 0 amide bonds. The van der Waals surface area contributed by atoms with Gasteiger partial charge in [0.1, 0.15) is 5.78 Å². The molecule has 0 aliphatic heterocycles. The lowest BCUT2D eigenvalue weighted by molar-refractivity contribution is -0.147. The molecule has 0 heterocycles. The number of likely N-dealkylation sites (N-methyl/N-ethyl adjacent to an activating group) is 1. The Bertz CT molecular complexity index is 162. The van der Waals surface area contributed by atoms with Crippen molar-refractivity contribution in [3.63, 3.8) is 0 Å². The molecule has 1 aliphatic rings. The van der Waals surface area contributed by atoms with Crippen LogP contribution in [0, 0.1) is 5.92 Å². The van der Waals surface area contributed by atoms with Gasteiger partial charge in [-0.25, -0.2) is 8.78 Å².